The number of fused-ring (bicyclic) bond motifs is 1. The molecule has 0 aliphatic carbocycles. The molecule has 0 bridgehead atoms. The SMILES string of the molecule is CC(C)c1nc(CN(C)Cc2ccc3cccc(Cl)c3n2)no1. The molecular formula is C17H19ClN4O. The minimum absolute atomic E-state index is 0.242. The molecule has 0 radical (unpaired) electrons. The fourth-order valence-corrected chi connectivity index (χ4v) is 2.60. The molecule has 0 fully saturated rings. The van der Waals surface area contributed by atoms with Gasteiger partial charge in [-0.05, 0) is 19.2 Å². The Bertz CT molecular complexity index is 815. The van der Waals surface area contributed by atoms with Crippen LogP contribution in [-0.4, -0.2) is 27.1 Å². The molecule has 0 spiro atoms. The van der Waals surface area contributed by atoms with Crippen LogP contribution in [0, 0.1) is 0 Å². The first-order valence-corrected chi connectivity index (χ1v) is 7.96. The Morgan fingerprint density at radius 2 is 1.96 bits per heavy atom. The first kappa shape index (κ1) is 15.9. The Morgan fingerprint density at radius 1 is 1.13 bits per heavy atom. The van der Waals surface area contributed by atoms with Crippen molar-refractivity contribution in [1.29, 1.82) is 0 Å². The lowest BCUT2D eigenvalue weighted by atomic mass is 10.2. The zero-order chi connectivity index (χ0) is 16.4. The van der Waals surface area contributed by atoms with Crippen molar-refractivity contribution in [2.75, 3.05) is 7.05 Å². The second kappa shape index (κ2) is 6.64. The van der Waals surface area contributed by atoms with Crippen molar-refractivity contribution >= 4 is 22.5 Å². The second-order valence-electron chi connectivity index (χ2n) is 5.99. The molecule has 5 nitrogen and oxygen atoms in total. The van der Waals surface area contributed by atoms with E-state index in [9.17, 15) is 0 Å². The van der Waals surface area contributed by atoms with Crippen molar-refractivity contribution in [3.05, 3.63) is 52.8 Å². The van der Waals surface area contributed by atoms with Crippen LogP contribution in [0.15, 0.2) is 34.9 Å². The molecule has 120 valence electrons. The summed E-state index contributed by atoms with van der Waals surface area (Å²) in [4.78, 5) is 11.1. The largest absolute Gasteiger partial charge is 0.339 e. The molecule has 2 aromatic heterocycles. The average molecular weight is 331 g/mol. The van der Waals surface area contributed by atoms with E-state index < -0.39 is 0 Å². The maximum Gasteiger partial charge on any atom is 0.229 e. The van der Waals surface area contributed by atoms with Gasteiger partial charge in [0.1, 0.15) is 0 Å². The van der Waals surface area contributed by atoms with Crippen molar-refractivity contribution in [2.45, 2.75) is 32.9 Å². The van der Waals surface area contributed by atoms with E-state index in [1.165, 1.54) is 0 Å². The van der Waals surface area contributed by atoms with Crippen molar-refractivity contribution in [1.82, 2.24) is 20.0 Å². The van der Waals surface area contributed by atoms with Crippen LogP contribution in [0.2, 0.25) is 5.02 Å². The standard InChI is InChI=1S/C17H19ClN4O/c1-11(2)17-20-15(21-23-17)10-22(3)9-13-8-7-12-5-4-6-14(18)16(12)19-13/h4-8,11H,9-10H2,1-3H3. The van der Waals surface area contributed by atoms with E-state index in [2.05, 4.69) is 20.0 Å². The van der Waals surface area contributed by atoms with Gasteiger partial charge < -0.3 is 4.52 Å². The zero-order valence-corrected chi connectivity index (χ0v) is 14.2. The lowest BCUT2D eigenvalue weighted by Crippen LogP contribution is -2.18. The summed E-state index contributed by atoms with van der Waals surface area (Å²) in [7, 11) is 2.00. The summed E-state index contributed by atoms with van der Waals surface area (Å²) in [6.07, 6.45) is 0. The van der Waals surface area contributed by atoms with Crippen LogP contribution < -0.4 is 0 Å². The van der Waals surface area contributed by atoms with Gasteiger partial charge in [0, 0.05) is 17.8 Å². The maximum atomic E-state index is 6.22. The first-order chi connectivity index (χ1) is 11.0. The second-order valence-corrected chi connectivity index (χ2v) is 6.40. The zero-order valence-electron chi connectivity index (χ0n) is 13.5. The van der Waals surface area contributed by atoms with Gasteiger partial charge >= 0.3 is 0 Å². The van der Waals surface area contributed by atoms with Gasteiger partial charge in [-0.3, -0.25) is 4.90 Å². The molecule has 3 rings (SSSR count). The lowest BCUT2D eigenvalue weighted by Gasteiger charge is -2.14. The summed E-state index contributed by atoms with van der Waals surface area (Å²) < 4.78 is 5.23. The molecule has 23 heavy (non-hydrogen) atoms. The highest BCUT2D eigenvalue weighted by Gasteiger charge is 2.12. The predicted molar refractivity (Wildman–Crippen MR) is 90.3 cm³/mol. The number of aromatic nitrogens is 3. The molecule has 0 amide bonds. The molecule has 3 aromatic rings. The third-order valence-electron chi connectivity index (χ3n) is 3.55. The average Bonchev–Trinajstić information content (AvgIpc) is 2.97. The quantitative estimate of drug-likeness (QED) is 0.707. The Balaban J connectivity index is 1.72. The first-order valence-electron chi connectivity index (χ1n) is 7.58. The fourth-order valence-electron chi connectivity index (χ4n) is 2.38. The minimum atomic E-state index is 0.242. The smallest absolute Gasteiger partial charge is 0.229 e. The summed E-state index contributed by atoms with van der Waals surface area (Å²) in [5, 5.41) is 5.73. The van der Waals surface area contributed by atoms with Gasteiger partial charge in [-0.15, -0.1) is 0 Å². The van der Waals surface area contributed by atoms with Gasteiger partial charge in [0.25, 0.3) is 0 Å². The lowest BCUT2D eigenvalue weighted by molar-refractivity contribution is 0.296. The van der Waals surface area contributed by atoms with Crippen LogP contribution >= 0.6 is 11.6 Å². The molecule has 1 aromatic carbocycles. The van der Waals surface area contributed by atoms with Crippen molar-refractivity contribution in [2.24, 2.45) is 0 Å². The molecular weight excluding hydrogens is 312 g/mol. The molecule has 0 unspecified atom stereocenters. The van der Waals surface area contributed by atoms with Gasteiger partial charge in [0.15, 0.2) is 5.82 Å². The van der Waals surface area contributed by atoms with E-state index >= 15 is 0 Å². The number of nitrogens with zero attached hydrogens (tertiary/aromatic N) is 4. The number of halogens is 1. The Kier molecular flexibility index (Phi) is 4.59. The highest BCUT2D eigenvalue weighted by molar-refractivity contribution is 6.35. The van der Waals surface area contributed by atoms with E-state index in [0.29, 0.717) is 29.8 Å². The monoisotopic (exact) mass is 330 g/mol. The third kappa shape index (κ3) is 3.68. The summed E-state index contributed by atoms with van der Waals surface area (Å²) in [5.41, 5.74) is 1.79. The number of pyridine rings is 1. The summed E-state index contributed by atoms with van der Waals surface area (Å²) in [6.45, 7) is 5.36. The molecule has 0 saturated carbocycles. The fraction of sp³-hybridized carbons (Fsp3) is 0.353. The van der Waals surface area contributed by atoms with Crippen LogP contribution in [0.25, 0.3) is 10.9 Å². The third-order valence-corrected chi connectivity index (χ3v) is 3.85. The van der Waals surface area contributed by atoms with Crippen LogP contribution in [0.1, 0.15) is 37.2 Å². The summed E-state index contributed by atoms with van der Waals surface area (Å²) in [6, 6.07) is 9.86. The number of para-hydroxylation sites is 1. The maximum absolute atomic E-state index is 6.22. The molecule has 0 saturated heterocycles. The van der Waals surface area contributed by atoms with Crippen LogP contribution in [0.4, 0.5) is 0 Å². The Labute approximate surface area is 140 Å². The van der Waals surface area contributed by atoms with Crippen LogP contribution in [0.5, 0.6) is 0 Å². The number of rotatable bonds is 5. The highest BCUT2D eigenvalue weighted by Crippen LogP contribution is 2.22. The van der Waals surface area contributed by atoms with Gasteiger partial charge in [-0.1, -0.05) is 48.8 Å². The van der Waals surface area contributed by atoms with Crippen molar-refractivity contribution < 1.29 is 4.52 Å². The van der Waals surface area contributed by atoms with E-state index in [4.69, 9.17) is 16.1 Å². The van der Waals surface area contributed by atoms with E-state index in [-0.39, 0.29) is 5.92 Å². The molecule has 0 aliphatic rings. The van der Waals surface area contributed by atoms with E-state index in [1.807, 2.05) is 51.2 Å². The summed E-state index contributed by atoms with van der Waals surface area (Å²) in [5.74, 6) is 1.60. The minimum Gasteiger partial charge on any atom is -0.339 e. The molecule has 6 heteroatoms. The molecule has 0 aliphatic heterocycles. The summed E-state index contributed by atoms with van der Waals surface area (Å²) >= 11 is 6.22. The van der Waals surface area contributed by atoms with Crippen LogP contribution in [0.3, 0.4) is 0 Å². The van der Waals surface area contributed by atoms with Crippen LogP contribution in [-0.2, 0) is 13.1 Å². The van der Waals surface area contributed by atoms with E-state index in [1.54, 1.807) is 0 Å². The Hall–Kier alpha value is -1.98. The van der Waals surface area contributed by atoms with Gasteiger partial charge in [-0.2, -0.15) is 4.98 Å². The number of benzene rings is 1. The topological polar surface area (TPSA) is 55.1 Å². The van der Waals surface area contributed by atoms with Crippen molar-refractivity contribution in [3.8, 4) is 0 Å². The number of hydrogen-bond donors (Lipinski definition) is 0. The van der Waals surface area contributed by atoms with Gasteiger partial charge in [0.2, 0.25) is 5.89 Å². The molecule has 2 heterocycles. The molecule has 0 atom stereocenters. The normalized spacial score (nSPS) is 11.7. The van der Waals surface area contributed by atoms with Gasteiger partial charge in [-0.25, -0.2) is 4.98 Å². The number of hydrogen-bond acceptors (Lipinski definition) is 5. The van der Waals surface area contributed by atoms with Crippen molar-refractivity contribution in [3.63, 3.8) is 0 Å². The van der Waals surface area contributed by atoms with Gasteiger partial charge in [0.05, 0.1) is 22.8 Å². The molecule has 0 N–H and O–H groups in total. The predicted octanol–water partition coefficient (Wildman–Crippen LogP) is 4.03. The van der Waals surface area contributed by atoms with E-state index in [0.717, 1.165) is 16.6 Å². The Morgan fingerprint density at radius 3 is 2.70 bits per heavy atom. The highest BCUT2D eigenvalue weighted by atomic mass is 35.5.